The normalized spacial score (nSPS) is 10.1. The van der Waals surface area contributed by atoms with Crippen LogP contribution in [0, 0.1) is 5.82 Å². The Labute approximate surface area is 144 Å². The van der Waals surface area contributed by atoms with Gasteiger partial charge in [0.1, 0.15) is 0 Å². The van der Waals surface area contributed by atoms with Gasteiger partial charge in [0.2, 0.25) is 0 Å². The predicted octanol–water partition coefficient (Wildman–Crippen LogP) is 2.89. The number of hydrogen-bond acceptors (Lipinski definition) is 6. The van der Waals surface area contributed by atoms with Crippen LogP contribution in [0.2, 0.25) is 0 Å². The number of halogens is 1. The average molecular weight is 348 g/mol. The van der Waals surface area contributed by atoms with Gasteiger partial charge in [-0.3, -0.25) is 4.79 Å². The summed E-state index contributed by atoms with van der Waals surface area (Å²) in [5, 5.41) is 0. The number of esters is 1. The number of ketones is 1. The summed E-state index contributed by atoms with van der Waals surface area (Å²) in [5.74, 6) is -1.05. The molecule has 0 heterocycles. The van der Waals surface area contributed by atoms with E-state index < -0.39 is 24.2 Å². The summed E-state index contributed by atoms with van der Waals surface area (Å²) in [6.07, 6.45) is 0. The molecule has 0 aliphatic heterocycles. The zero-order chi connectivity index (χ0) is 18.4. The van der Waals surface area contributed by atoms with Gasteiger partial charge < -0.3 is 18.9 Å². The molecule has 0 bridgehead atoms. The number of Topliss-reactive ketones (excluding diaryl/α,β-unsaturated/α-hetero) is 1. The Bertz CT molecular complexity index is 787. The first kappa shape index (κ1) is 18.3. The highest BCUT2D eigenvalue weighted by atomic mass is 19.1. The largest absolute Gasteiger partial charge is 0.494 e. The molecule has 7 heteroatoms. The van der Waals surface area contributed by atoms with Gasteiger partial charge in [0, 0.05) is 5.56 Å². The summed E-state index contributed by atoms with van der Waals surface area (Å²) in [6, 6.07) is 8.24. The molecule has 0 aromatic heterocycles. The molecule has 0 aliphatic carbocycles. The second kappa shape index (κ2) is 8.14. The standard InChI is InChI=1S/C18H17FO6/c1-22-15-6-4-11(8-13(15)19)14(20)10-25-18(21)12-5-7-16(23-2)17(9-12)24-3/h4-9H,10H2,1-3H3. The first-order valence-electron chi connectivity index (χ1n) is 7.26. The molecular formula is C18H17FO6. The number of hydrogen-bond donors (Lipinski definition) is 0. The van der Waals surface area contributed by atoms with Crippen LogP contribution in [0.3, 0.4) is 0 Å². The Balaban J connectivity index is 2.04. The molecule has 0 saturated heterocycles. The van der Waals surface area contributed by atoms with Gasteiger partial charge in [-0.1, -0.05) is 0 Å². The van der Waals surface area contributed by atoms with E-state index in [0.29, 0.717) is 11.5 Å². The maximum absolute atomic E-state index is 13.6. The Morgan fingerprint density at radius 2 is 1.44 bits per heavy atom. The summed E-state index contributed by atoms with van der Waals surface area (Å²) in [7, 11) is 4.24. The molecule has 0 aliphatic rings. The van der Waals surface area contributed by atoms with E-state index in [1.807, 2.05) is 0 Å². The molecule has 2 aromatic rings. The van der Waals surface area contributed by atoms with E-state index >= 15 is 0 Å². The highest BCUT2D eigenvalue weighted by molar-refractivity contribution is 5.99. The van der Waals surface area contributed by atoms with Crippen molar-refractivity contribution in [3.05, 3.63) is 53.3 Å². The maximum Gasteiger partial charge on any atom is 0.338 e. The van der Waals surface area contributed by atoms with Crippen LogP contribution in [-0.4, -0.2) is 39.7 Å². The van der Waals surface area contributed by atoms with E-state index in [9.17, 15) is 14.0 Å². The van der Waals surface area contributed by atoms with Crippen molar-refractivity contribution in [2.45, 2.75) is 0 Å². The van der Waals surface area contributed by atoms with Crippen LogP contribution in [0.5, 0.6) is 17.2 Å². The second-order valence-corrected chi connectivity index (χ2v) is 4.92. The quantitative estimate of drug-likeness (QED) is 0.566. The van der Waals surface area contributed by atoms with Gasteiger partial charge in [-0.15, -0.1) is 0 Å². The number of rotatable bonds is 7. The molecule has 0 saturated carbocycles. The predicted molar refractivity (Wildman–Crippen MR) is 87.1 cm³/mol. The minimum Gasteiger partial charge on any atom is -0.494 e. The van der Waals surface area contributed by atoms with Gasteiger partial charge in [-0.2, -0.15) is 0 Å². The summed E-state index contributed by atoms with van der Waals surface area (Å²) in [4.78, 5) is 24.1. The van der Waals surface area contributed by atoms with E-state index in [2.05, 4.69) is 0 Å². The fourth-order valence-electron chi connectivity index (χ4n) is 2.10. The topological polar surface area (TPSA) is 71.1 Å². The van der Waals surface area contributed by atoms with Crippen LogP contribution < -0.4 is 14.2 Å². The maximum atomic E-state index is 13.6. The van der Waals surface area contributed by atoms with Crippen molar-refractivity contribution >= 4 is 11.8 Å². The van der Waals surface area contributed by atoms with Gasteiger partial charge in [-0.25, -0.2) is 9.18 Å². The molecule has 0 N–H and O–H groups in total. The van der Waals surface area contributed by atoms with Gasteiger partial charge in [0.25, 0.3) is 0 Å². The Morgan fingerprint density at radius 1 is 0.840 bits per heavy atom. The minimum atomic E-state index is -0.705. The molecule has 0 fully saturated rings. The second-order valence-electron chi connectivity index (χ2n) is 4.92. The molecule has 0 spiro atoms. The first-order chi connectivity index (χ1) is 12.0. The van der Waals surface area contributed by atoms with Crippen LogP contribution in [0.1, 0.15) is 20.7 Å². The Hall–Kier alpha value is -3.09. The number of carbonyl (C=O) groups is 2. The Morgan fingerprint density at radius 3 is 2.04 bits per heavy atom. The third kappa shape index (κ3) is 4.26. The third-order valence-corrected chi connectivity index (χ3v) is 3.43. The van der Waals surface area contributed by atoms with Crippen LogP contribution in [0.4, 0.5) is 4.39 Å². The minimum absolute atomic E-state index is 0.0267. The van der Waals surface area contributed by atoms with Crippen LogP contribution in [-0.2, 0) is 4.74 Å². The molecule has 2 aromatic carbocycles. The van der Waals surface area contributed by atoms with E-state index in [1.54, 1.807) is 6.07 Å². The van der Waals surface area contributed by atoms with E-state index in [4.69, 9.17) is 18.9 Å². The van der Waals surface area contributed by atoms with Gasteiger partial charge in [-0.05, 0) is 36.4 Å². The van der Waals surface area contributed by atoms with E-state index in [0.717, 1.165) is 6.07 Å². The number of methoxy groups -OCH3 is 3. The average Bonchev–Trinajstić information content (AvgIpc) is 2.64. The van der Waals surface area contributed by atoms with Crippen molar-refractivity contribution < 1.29 is 32.9 Å². The van der Waals surface area contributed by atoms with Crippen molar-refractivity contribution in [3.8, 4) is 17.2 Å². The molecular weight excluding hydrogens is 331 g/mol. The number of benzene rings is 2. The van der Waals surface area contributed by atoms with Gasteiger partial charge in [0.05, 0.1) is 26.9 Å². The molecule has 25 heavy (non-hydrogen) atoms. The summed E-state index contributed by atoms with van der Waals surface area (Å²) in [5.41, 5.74) is 0.282. The van der Waals surface area contributed by atoms with Crippen molar-refractivity contribution in [3.63, 3.8) is 0 Å². The van der Waals surface area contributed by atoms with Crippen molar-refractivity contribution in [2.24, 2.45) is 0 Å². The lowest BCUT2D eigenvalue weighted by molar-refractivity contribution is 0.0474. The van der Waals surface area contributed by atoms with Gasteiger partial charge in [0.15, 0.2) is 35.5 Å². The monoisotopic (exact) mass is 348 g/mol. The summed E-state index contributed by atoms with van der Waals surface area (Å²) < 4.78 is 33.6. The van der Waals surface area contributed by atoms with E-state index in [-0.39, 0.29) is 16.9 Å². The zero-order valence-electron chi connectivity index (χ0n) is 14.0. The smallest absolute Gasteiger partial charge is 0.338 e. The molecule has 2 rings (SSSR count). The summed E-state index contributed by atoms with van der Waals surface area (Å²) in [6.45, 7) is -0.515. The molecule has 132 valence electrons. The highest BCUT2D eigenvalue weighted by Crippen LogP contribution is 2.27. The van der Waals surface area contributed by atoms with Crippen molar-refractivity contribution in [1.29, 1.82) is 0 Å². The zero-order valence-corrected chi connectivity index (χ0v) is 14.0. The number of carbonyl (C=O) groups excluding carboxylic acids is 2. The van der Waals surface area contributed by atoms with Gasteiger partial charge >= 0.3 is 5.97 Å². The molecule has 0 radical (unpaired) electrons. The fraction of sp³-hybridized carbons (Fsp3) is 0.222. The third-order valence-electron chi connectivity index (χ3n) is 3.43. The lowest BCUT2D eigenvalue weighted by atomic mass is 10.1. The van der Waals surface area contributed by atoms with Crippen LogP contribution in [0.25, 0.3) is 0 Å². The number of ether oxygens (including phenoxy) is 4. The van der Waals surface area contributed by atoms with Crippen molar-refractivity contribution in [1.82, 2.24) is 0 Å². The van der Waals surface area contributed by atoms with Crippen LogP contribution in [0.15, 0.2) is 36.4 Å². The lowest BCUT2D eigenvalue weighted by Gasteiger charge is -2.09. The molecule has 0 amide bonds. The fourth-order valence-corrected chi connectivity index (χ4v) is 2.10. The molecule has 0 unspecified atom stereocenters. The van der Waals surface area contributed by atoms with Crippen LogP contribution >= 0.6 is 0 Å². The van der Waals surface area contributed by atoms with E-state index in [1.165, 1.54) is 45.6 Å². The SMILES string of the molecule is COc1ccc(C(=O)COC(=O)c2ccc(OC)c(OC)c2)cc1F. The lowest BCUT2D eigenvalue weighted by Crippen LogP contribution is -2.14. The highest BCUT2D eigenvalue weighted by Gasteiger charge is 2.15. The first-order valence-corrected chi connectivity index (χ1v) is 7.26. The Kier molecular flexibility index (Phi) is 5.94. The molecule has 0 atom stereocenters. The molecule has 6 nitrogen and oxygen atoms in total. The van der Waals surface area contributed by atoms with Crippen molar-refractivity contribution in [2.75, 3.05) is 27.9 Å². The summed E-state index contributed by atoms with van der Waals surface area (Å²) >= 11 is 0.